The average molecular weight is 481 g/mol. The lowest BCUT2D eigenvalue weighted by atomic mass is 9.79. The molecule has 0 bridgehead atoms. The van der Waals surface area contributed by atoms with Gasteiger partial charge in [-0.2, -0.15) is 11.3 Å². The lowest BCUT2D eigenvalue weighted by Gasteiger charge is -2.37. The molecule has 1 atom stereocenters. The molecule has 9 heteroatoms. The fraction of sp³-hybridized carbons (Fsp3) is 0.364. The minimum absolute atomic E-state index is 0.0506. The standard InChI is InChI=1S/C22H25FN2O3S3/c1-21(2,3)30-24-22(15-9-11-29-14-15,13-16(26)12-20(27)28-4)18-6-5-7-19-17(18)8-10-25(19)31-23/h5-11,14,24H,12-13H2,1-4H3. The quantitative estimate of drug-likeness (QED) is 0.234. The highest BCUT2D eigenvalue weighted by Gasteiger charge is 2.40. The van der Waals surface area contributed by atoms with Gasteiger partial charge in [-0.3, -0.25) is 13.6 Å². The van der Waals surface area contributed by atoms with Crippen LogP contribution in [-0.4, -0.2) is 27.6 Å². The number of halogens is 1. The van der Waals surface area contributed by atoms with Crippen LogP contribution in [0.4, 0.5) is 3.89 Å². The zero-order chi connectivity index (χ0) is 22.6. The predicted octanol–water partition coefficient (Wildman–Crippen LogP) is 5.89. The van der Waals surface area contributed by atoms with E-state index in [1.165, 1.54) is 34.4 Å². The molecule has 1 unspecified atom stereocenters. The summed E-state index contributed by atoms with van der Waals surface area (Å²) in [5.74, 6) is -0.803. The molecule has 0 saturated heterocycles. The molecule has 0 aliphatic carbocycles. The van der Waals surface area contributed by atoms with Crippen molar-refractivity contribution in [1.29, 1.82) is 0 Å². The number of hydrogen-bond donors (Lipinski definition) is 1. The molecule has 2 heterocycles. The van der Waals surface area contributed by atoms with Gasteiger partial charge in [0.15, 0.2) is 12.3 Å². The molecule has 0 fully saturated rings. The Hall–Kier alpha value is -1.81. The van der Waals surface area contributed by atoms with Gasteiger partial charge in [0.2, 0.25) is 0 Å². The van der Waals surface area contributed by atoms with Crippen molar-refractivity contribution in [2.75, 3.05) is 7.11 Å². The minimum Gasteiger partial charge on any atom is -0.469 e. The van der Waals surface area contributed by atoms with E-state index in [4.69, 9.17) is 4.74 Å². The topological polar surface area (TPSA) is 60.3 Å². The summed E-state index contributed by atoms with van der Waals surface area (Å²) in [5.41, 5.74) is 1.58. The van der Waals surface area contributed by atoms with Crippen LogP contribution in [0, 0.1) is 0 Å². The molecule has 0 amide bonds. The van der Waals surface area contributed by atoms with Gasteiger partial charge in [-0.15, -0.1) is 3.89 Å². The van der Waals surface area contributed by atoms with Gasteiger partial charge in [0.1, 0.15) is 12.2 Å². The summed E-state index contributed by atoms with van der Waals surface area (Å²) in [6.45, 7) is 6.24. The molecule has 0 spiro atoms. The molecule has 2 aromatic heterocycles. The number of nitrogens with zero attached hydrogens (tertiary/aromatic N) is 1. The lowest BCUT2D eigenvalue weighted by Crippen LogP contribution is -2.43. The Bertz CT molecular complexity index is 1060. The number of methoxy groups -OCH3 is 1. The van der Waals surface area contributed by atoms with E-state index in [1.807, 2.05) is 41.1 Å². The molecule has 3 aromatic rings. The fourth-order valence-electron chi connectivity index (χ4n) is 3.42. The Balaban J connectivity index is 2.20. The van der Waals surface area contributed by atoms with E-state index in [9.17, 15) is 13.5 Å². The van der Waals surface area contributed by atoms with E-state index in [2.05, 4.69) is 25.5 Å². The van der Waals surface area contributed by atoms with Crippen molar-refractivity contribution >= 4 is 58.3 Å². The van der Waals surface area contributed by atoms with Gasteiger partial charge in [-0.05, 0) is 60.9 Å². The van der Waals surface area contributed by atoms with Crippen molar-refractivity contribution < 1.29 is 18.2 Å². The Morgan fingerprint density at radius 2 is 2.00 bits per heavy atom. The number of carbonyl (C=O) groups is 2. The Morgan fingerprint density at radius 3 is 2.61 bits per heavy atom. The van der Waals surface area contributed by atoms with Crippen LogP contribution in [0.3, 0.4) is 0 Å². The molecule has 0 saturated carbocycles. The average Bonchev–Trinajstić information content (AvgIpc) is 3.40. The van der Waals surface area contributed by atoms with Crippen molar-refractivity contribution in [1.82, 2.24) is 8.69 Å². The van der Waals surface area contributed by atoms with Crippen LogP contribution in [0.2, 0.25) is 0 Å². The maximum atomic E-state index is 13.4. The van der Waals surface area contributed by atoms with Gasteiger partial charge in [0, 0.05) is 22.8 Å². The number of ether oxygens (including phenoxy) is 1. The smallest absolute Gasteiger partial charge is 0.313 e. The molecular weight excluding hydrogens is 455 g/mol. The van der Waals surface area contributed by atoms with E-state index in [0.717, 1.165) is 16.5 Å². The van der Waals surface area contributed by atoms with Crippen molar-refractivity contribution in [2.45, 2.75) is 43.9 Å². The second-order valence-corrected chi connectivity index (χ2v) is 11.1. The molecule has 0 aliphatic heterocycles. The van der Waals surface area contributed by atoms with Gasteiger partial charge in [-0.1, -0.05) is 24.1 Å². The van der Waals surface area contributed by atoms with Crippen molar-refractivity contribution in [3.8, 4) is 0 Å². The lowest BCUT2D eigenvalue weighted by molar-refractivity contribution is -0.143. The van der Waals surface area contributed by atoms with Crippen molar-refractivity contribution in [3.63, 3.8) is 0 Å². The number of Topliss-reactive ketones (excluding diaryl/α,β-unsaturated/α-hetero) is 1. The third-order valence-electron chi connectivity index (χ3n) is 4.81. The van der Waals surface area contributed by atoms with E-state index < -0.39 is 11.5 Å². The summed E-state index contributed by atoms with van der Waals surface area (Å²) >= 11 is 3.18. The molecule has 166 valence electrons. The number of rotatable bonds is 9. The maximum Gasteiger partial charge on any atom is 0.313 e. The zero-order valence-electron chi connectivity index (χ0n) is 17.8. The number of thiophene rings is 1. The molecule has 31 heavy (non-hydrogen) atoms. The second kappa shape index (κ2) is 9.77. The van der Waals surface area contributed by atoms with Crippen molar-refractivity contribution in [3.05, 3.63) is 58.4 Å². The SMILES string of the molecule is COC(=O)CC(=O)CC(NSC(C)(C)C)(c1ccsc1)c1cccc2c1ccn2SF. The summed E-state index contributed by atoms with van der Waals surface area (Å²) in [7, 11) is 1.27. The number of carbonyl (C=O) groups excluding carboxylic acids is 2. The first-order chi connectivity index (χ1) is 14.7. The number of hydrogen-bond acceptors (Lipinski definition) is 7. The van der Waals surface area contributed by atoms with Crippen molar-refractivity contribution in [2.24, 2.45) is 0 Å². The normalized spacial score (nSPS) is 13.8. The van der Waals surface area contributed by atoms with Crippen LogP contribution in [0.5, 0.6) is 0 Å². The zero-order valence-corrected chi connectivity index (χ0v) is 20.3. The fourth-order valence-corrected chi connectivity index (χ4v) is 5.27. The highest BCUT2D eigenvalue weighted by Crippen LogP contribution is 2.42. The monoisotopic (exact) mass is 480 g/mol. The van der Waals surface area contributed by atoms with Crippen LogP contribution in [0.15, 0.2) is 47.3 Å². The number of esters is 1. The van der Waals surface area contributed by atoms with Crippen LogP contribution < -0.4 is 4.72 Å². The van der Waals surface area contributed by atoms with E-state index in [-0.39, 0.29) is 35.7 Å². The minimum atomic E-state index is -0.907. The Morgan fingerprint density at radius 1 is 1.23 bits per heavy atom. The van der Waals surface area contributed by atoms with E-state index in [1.54, 1.807) is 6.20 Å². The molecular formula is C22H25FN2O3S3. The number of fused-ring (bicyclic) bond motifs is 1. The number of nitrogens with one attached hydrogen (secondary N) is 1. The molecule has 0 radical (unpaired) electrons. The highest BCUT2D eigenvalue weighted by molar-refractivity contribution is 7.98. The first kappa shape index (κ1) is 23.8. The van der Waals surface area contributed by atoms with Gasteiger partial charge < -0.3 is 4.74 Å². The Labute approximate surface area is 194 Å². The van der Waals surface area contributed by atoms with Crippen LogP contribution in [0.25, 0.3) is 10.9 Å². The third-order valence-corrected chi connectivity index (χ3v) is 7.02. The van der Waals surface area contributed by atoms with Crippen LogP contribution >= 0.6 is 35.6 Å². The van der Waals surface area contributed by atoms with E-state index in [0.29, 0.717) is 5.52 Å². The second-order valence-electron chi connectivity index (χ2n) is 8.15. The van der Waals surface area contributed by atoms with Gasteiger partial charge in [0.25, 0.3) is 0 Å². The van der Waals surface area contributed by atoms with Crippen LogP contribution in [0.1, 0.15) is 44.7 Å². The highest BCUT2D eigenvalue weighted by atomic mass is 32.2. The largest absolute Gasteiger partial charge is 0.469 e. The van der Waals surface area contributed by atoms with Crippen LogP contribution in [-0.2, 0) is 19.9 Å². The maximum absolute atomic E-state index is 13.4. The number of ketones is 1. The van der Waals surface area contributed by atoms with Gasteiger partial charge in [0.05, 0.1) is 18.2 Å². The summed E-state index contributed by atoms with van der Waals surface area (Å²) in [6.07, 6.45) is 1.42. The first-order valence-corrected chi connectivity index (χ1v) is 12.1. The van der Waals surface area contributed by atoms with Gasteiger partial charge in [-0.25, -0.2) is 4.72 Å². The summed E-state index contributed by atoms with van der Waals surface area (Å²) in [4.78, 5) is 24.8. The molecule has 3 rings (SSSR count). The predicted molar refractivity (Wildman–Crippen MR) is 128 cm³/mol. The third kappa shape index (κ3) is 5.34. The molecule has 5 nitrogen and oxygen atoms in total. The summed E-state index contributed by atoms with van der Waals surface area (Å²) in [6, 6.07) is 9.49. The summed E-state index contributed by atoms with van der Waals surface area (Å²) < 4.78 is 23.0. The Kier molecular flexibility index (Phi) is 7.51. The number of benzene rings is 1. The summed E-state index contributed by atoms with van der Waals surface area (Å²) in [5, 5.41) is 4.80. The van der Waals surface area contributed by atoms with E-state index >= 15 is 0 Å². The van der Waals surface area contributed by atoms with Gasteiger partial charge >= 0.3 is 5.97 Å². The first-order valence-electron chi connectivity index (χ1n) is 9.66. The molecule has 1 aromatic carbocycles. The number of aromatic nitrogens is 1. The molecule has 0 aliphatic rings. The molecule has 1 N–H and O–H groups in total.